The fourth-order valence-electron chi connectivity index (χ4n) is 2.34. The Balaban J connectivity index is 2.10. The third kappa shape index (κ3) is 2.20. The maximum Gasteiger partial charge on any atom is 0.324 e. The van der Waals surface area contributed by atoms with Crippen LogP contribution in [0, 0.1) is 0 Å². The minimum atomic E-state index is -0.780. The van der Waals surface area contributed by atoms with Crippen molar-refractivity contribution in [2.24, 2.45) is 0 Å². The number of ether oxygens (including phenoxy) is 1. The Kier molecular flexibility index (Phi) is 3.30. The van der Waals surface area contributed by atoms with Gasteiger partial charge in [-0.15, -0.1) is 0 Å². The molecule has 4 heteroatoms. The summed E-state index contributed by atoms with van der Waals surface area (Å²) >= 11 is 0. The number of nitrogens with one attached hydrogen (secondary N) is 1. The second kappa shape index (κ2) is 4.61. The molecular formula is C14H19NO3. The van der Waals surface area contributed by atoms with Crippen LogP contribution in [0.2, 0.25) is 0 Å². The number of likely N-dealkylation sites (N-methyl/N-ethyl adjacent to an activating group) is 1. The molecule has 1 aliphatic carbocycles. The first-order chi connectivity index (χ1) is 8.49. The van der Waals surface area contributed by atoms with E-state index in [1.165, 1.54) is 0 Å². The Morgan fingerprint density at radius 1 is 1.44 bits per heavy atom. The third-order valence-corrected chi connectivity index (χ3v) is 3.44. The molecule has 0 bridgehead atoms. The fourth-order valence-corrected chi connectivity index (χ4v) is 2.34. The van der Waals surface area contributed by atoms with Crippen LogP contribution in [-0.4, -0.2) is 29.8 Å². The lowest BCUT2D eigenvalue weighted by molar-refractivity contribution is -0.140. The Morgan fingerprint density at radius 3 is 2.44 bits per heavy atom. The molecule has 2 unspecified atom stereocenters. The van der Waals surface area contributed by atoms with Crippen molar-refractivity contribution in [3.63, 3.8) is 0 Å². The quantitative estimate of drug-likeness (QED) is 0.838. The van der Waals surface area contributed by atoms with Gasteiger partial charge < -0.3 is 15.2 Å². The van der Waals surface area contributed by atoms with E-state index >= 15 is 0 Å². The molecule has 18 heavy (non-hydrogen) atoms. The lowest BCUT2D eigenvalue weighted by atomic mass is 10.1. The van der Waals surface area contributed by atoms with Gasteiger partial charge in [-0.3, -0.25) is 4.79 Å². The summed E-state index contributed by atoms with van der Waals surface area (Å²) in [6, 6.07) is 7.70. The molecule has 2 N–H and O–H groups in total. The average molecular weight is 249 g/mol. The molecular weight excluding hydrogens is 230 g/mol. The molecule has 1 aromatic rings. The van der Waals surface area contributed by atoms with Crippen molar-refractivity contribution in [2.45, 2.75) is 37.8 Å². The molecule has 98 valence electrons. The van der Waals surface area contributed by atoms with E-state index in [9.17, 15) is 9.90 Å². The van der Waals surface area contributed by atoms with Gasteiger partial charge in [0.1, 0.15) is 11.3 Å². The minimum absolute atomic E-state index is 0.0492. The van der Waals surface area contributed by atoms with Crippen molar-refractivity contribution in [3.8, 4) is 5.75 Å². The van der Waals surface area contributed by atoms with Crippen LogP contribution < -0.4 is 10.1 Å². The predicted molar refractivity (Wildman–Crippen MR) is 69.0 cm³/mol. The van der Waals surface area contributed by atoms with E-state index in [0.29, 0.717) is 6.42 Å². The van der Waals surface area contributed by atoms with E-state index in [2.05, 4.69) is 5.32 Å². The number of carboxylic acid groups (broad SMARTS) is 1. The number of benzene rings is 1. The first kappa shape index (κ1) is 12.9. The largest absolute Gasteiger partial charge is 0.491 e. The maximum atomic E-state index is 11.2. The normalized spacial score (nSPS) is 26.1. The zero-order valence-electron chi connectivity index (χ0n) is 10.9. The summed E-state index contributed by atoms with van der Waals surface area (Å²) in [5.74, 6) is 0.0883. The monoisotopic (exact) mass is 249 g/mol. The van der Waals surface area contributed by atoms with Crippen LogP contribution in [0.4, 0.5) is 0 Å². The van der Waals surface area contributed by atoms with Gasteiger partial charge in [-0.25, -0.2) is 0 Å². The number of aliphatic carboxylic acids is 1. The lowest BCUT2D eigenvalue weighted by Gasteiger charge is -2.12. The first-order valence-corrected chi connectivity index (χ1v) is 6.18. The van der Waals surface area contributed by atoms with Gasteiger partial charge in [0, 0.05) is 5.92 Å². The maximum absolute atomic E-state index is 11.2. The number of hydrogen-bond donors (Lipinski definition) is 2. The molecule has 0 aromatic heterocycles. The summed E-state index contributed by atoms with van der Waals surface area (Å²) in [7, 11) is 1.70. The summed E-state index contributed by atoms with van der Waals surface area (Å²) in [5, 5.41) is 12.1. The summed E-state index contributed by atoms with van der Waals surface area (Å²) in [6.45, 7) is 3.95. The Bertz CT molecular complexity index is 441. The Hall–Kier alpha value is -1.55. The van der Waals surface area contributed by atoms with Crippen molar-refractivity contribution in [1.29, 1.82) is 0 Å². The van der Waals surface area contributed by atoms with E-state index < -0.39 is 11.5 Å². The minimum Gasteiger partial charge on any atom is -0.491 e. The van der Waals surface area contributed by atoms with Crippen molar-refractivity contribution < 1.29 is 14.6 Å². The SMILES string of the molecule is CNC1(C(=O)O)CC1c1ccc(OC(C)C)cc1. The molecule has 1 saturated carbocycles. The van der Waals surface area contributed by atoms with Gasteiger partial charge in [0.25, 0.3) is 0 Å². The number of hydrogen-bond acceptors (Lipinski definition) is 3. The molecule has 0 aliphatic heterocycles. The van der Waals surface area contributed by atoms with Gasteiger partial charge in [-0.2, -0.15) is 0 Å². The highest BCUT2D eigenvalue weighted by Crippen LogP contribution is 2.51. The smallest absolute Gasteiger partial charge is 0.324 e. The highest BCUT2D eigenvalue weighted by atomic mass is 16.5. The lowest BCUT2D eigenvalue weighted by Crippen LogP contribution is -2.38. The van der Waals surface area contributed by atoms with E-state index in [0.717, 1.165) is 11.3 Å². The number of rotatable bonds is 5. The molecule has 0 heterocycles. The van der Waals surface area contributed by atoms with E-state index in [1.54, 1.807) is 7.05 Å². The molecule has 2 rings (SSSR count). The van der Waals surface area contributed by atoms with E-state index in [1.807, 2.05) is 38.1 Å². The van der Waals surface area contributed by atoms with Crippen molar-refractivity contribution in [3.05, 3.63) is 29.8 Å². The third-order valence-electron chi connectivity index (χ3n) is 3.44. The molecule has 1 fully saturated rings. The van der Waals surface area contributed by atoms with E-state index in [4.69, 9.17) is 4.74 Å². The van der Waals surface area contributed by atoms with Gasteiger partial charge in [0.2, 0.25) is 0 Å². The van der Waals surface area contributed by atoms with Crippen molar-refractivity contribution >= 4 is 5.97 Å². The molecule has 0 saturated heterocycles. The predicted octanol–water partition coefficient (Wildman–Crippen LogP) is 2.00. The van der Waals surface area contributed by atoms with Crippen LogP contribution in [0.5, 0.6) is 5.75 Å². The molecule has 4 nitrogen and oxygen atoms in total. The standard InChI is InChI=1S/C14H19NO3/c1-9(2)18-11-6-4-10(5-7-11)12-8-14(12,15-3)13(16)17/h4-7,9,12,15H,8H2,1-3H3,(H,16,17). The van der Waals surface area contributed by atoms with Crippen LogP contribution in [0.3, 0.4) is 0 Å². The van der Waals surface area contributed by atoms with Crippen LogP contribution in [0.15, 0.2) is 24.3 Å². The molecule has 1 aromatic carbocycles. The van der Waals surface area contributed by atoms with Crippen LogP contribution in [0.1, 0.15) is 31.7 Å². The first-order valence-electron chi connectivity index (χ1n) is 6.18. The van der Waals surface area contributed by atoms with Gasteiger partial charge >= 0.3 is 5.97 Å². The summed E-state index contributed by atoms with van der Waals surface area (Å²) < 4.78 is 5.56. The summed E-state index contributed by atoms with van der Waals surface area (Å²) in [5.41, 5.74) is 0.267. The Labute approximate surface area is 107 Å². The van der Waals surface area contributed by atoms with Crippen LogP contribution in [-0.2, 0) is 4.79 Å². The van der Waals surface area contributed by atoms with Crippen LogP contribution >= 0.6 is 0 Å². The van der Waals surface area contributed by atoms with Gasteiger partial charge in [0.15, 0.2) is 0 Å². The molecule has 2 atom stereocenters. The van der Waals surface area contributed by atoms with Gasteiger partial charge in [0.05, 0.1) is 6.10 Å². The second-order valence-electron chi connectivity index (χ2n) is 5.02. The zero-order valence-corrected chi connectivity index (χ0v) is 10.9. The number of carboxylic acids is 1. The average Bonchev–Trinajstić information content (AvgIpc) is 3.05. The topological polar surface area (TPSA) is 58.6 Å². The highest BCUT2D eigenvalue weighted by molar-refractivity contribution is 5.85. The second-order valence-corrected chi connectivity index (χ2v) is 5.02. The van der Waals surface area contributed by atoms with Crippen molar-refractivity contribution in [1.82, 2.24) is 5.32 Å². The van der Waals surface area contributed by atoms with Crippen LogP contribution in [0.25, 0.3) is 0 Å². The fraction of sp³-hybridized carbons (Fsp3) is 0.500. The van der Waals surface area contributed by atoms with Crippen molar-refractivity contribution in [2.75, 3.05) is 7.05 Å². The highest BCUT2D eigenvalue weighted by Gasteiger charge is 2.60. The molecule has 0 amide bonds. The molecule has 0 radical (unpaired) electrons. The Morgan fingerprint density at radius 2 is 2.06 bits per heavy atom. The van der Waals surface area contributed by atoms with E-state index in [-0.39, 0.29) is 12.0 Å². The zero-order chi connectivity index (χ0) is 13.3. The summed E-state index contributed by atoms with van der Waals surface area (Å²) in [4.78, 5) is 11.2. The number of carbonyl (C=O) groups is 1. The molecule has 1 aliphatic rings. The van der Waals surface area contributed by atoms with Gasteiger partial charge in [-0.1, -0.05) is 12.1 Å². The van der Waals surface area contributed by atoms with Gasteiger partial charge in [-0.05, 0) is 45.0 Å². The summed E-state index contributed by atoms with van der Waals surface area (Å²) in [6.07, 6.45) is 0.788. The molecule has 0 spiro atoms.